The zero-order valence-electron chi connectivity index (χ0n) is 17.3. The Balaban J connectivity index is 1.61. The van der Waals surface area contributed by atoms with Crippen molar-refractivity contribution in [1.29, 1.82) is 0 Å². The van der Waals surface area contributed by atoms with Crippen LogP contribution in [0.1, 0.15) is 34.1 Å². The van der Waals surface area contributed by atoms with Crippen LogP contribution in [0, 0.1) is 5.82 Å². The smallest absolute Gasteiger partial charge is 0.366 e. The number of nitrogen functional groups attached to an aromatic ring is 1. The van der Waals surface area contributed by atoms with E-state index in [0.717, 1.165) is 6.07 Å². The summed E-state index contributed by atoms with van der Waals surface area (Å²) in [5.41, 5.74) is 6.92. The van der Waals surface area contributed by atoms with Crippen LogP contribution in [0.4, 0.5) is 23.5 Å². The number of pyridine rings is 2. The Hall–Kier alpha value is -4.02. The van der Waals surface area contributed by atoms with Crippen molar-refractivity contribution in [3.63, 3.8) is 0 Å². The fourth-order valence-corrected chi connectivity index (χ4v) is 3.36. The van der Waals surface area contributed by atoms with Crippen molar-refractivity contribution in [1.82, 2.24) is 24.9 Å². The molecule has 3 aromatic heterocycles. The van der Waals surface area contributed by atoms with E-state index in [4.69, 9.17) is 5.73 Å². The molecule has 0 unspecified atom stereocenters. The van der Waals surface area contributed by atoms with Gasteiger partial charge >= 0.3 is 6.18 Å². The van der Waals surface area contributed by atoms with Crippen LogP contribution in [-0.2, 0) is 19.1 Å². The average molecular weight is 458 g/mol. The molecule has 0 fully saturated rings. The monoisotopic (exact) mass is 458 g/mol. The van der Waals surface area contributed by atoms with Gasteiger partial charge in [0, 0.05) is 30.1 Å². The fraction of sp³-hybridized carbons (Fsp3) is 0.182. The standard InChI is InChI=1S/C22H18F4N6O/c1-2-18-16(20(33)29-11-14-7-15(22(24,25)26)3-4-17(14)23)8-13(10-28-18)12-5-6-32-19(9-12)30-21(27)31-32/h3-10H,2,11H2,1H3,(H2,27,31)(H,29,33). The third-order valence-corrected chi connectivity index (χ3v) is 5.05. The molecule has 0 aliphatic carbocycles. The van der Waals surface area contributed by atoms with Crippen LogP contribution in [0.3, 0.4) is 0 Å². The van der Waals surface area contributed by atoms with E-state index >= 15 is 0 Å². The predicted octanol–water partition coefficient (Wildman–Crippen LogP) is 4.02. The highest BCUT2D eigenvalue weighted by molar-refractivity contribution is 5.96. The Bertz CT molecular complexity index is 1350. The van der Waals surface area contributed by atoms with E-state index in [1.165, 1.54) is 4.52 Å². The molecule has 0 saturated carbocycles. The van der Waals surface area contributed by atoms with Crippen LogP contribution in [0.25, 0.3) is 16.8 Å². The number of aromatic nitrogens is 4. The molecule has 1 aromatic carbocycles. The van der Waals surface area contributed by atoms with E-state index in [9.17, 15) is 22.4 Å². The normalized spacial score (nSPS) is 11.7. The average Bonchev–Trinajstić information content (AvgIpc) is 3.16. The van der Waals surface area contributed by atoms with Crippen molar-refractivity contribution < 1.29 is 22.4 Å². The number of hydrogen-bond acceptors (Lipinski definition) is 5. The molecule has 0 bridgehead atoms. The number of nitrogens with one attached hydrogen (secondary N) is 1. The Morgan fingerprint density at radius 1 is 1.15 bits per heavy atom. The lowest BCUT2D eigenvalue weighted by Crippen LogP contribution is -2.25. The number of nitrogens with zero attached hydrogens (tertiary/aromatic N) is 4. The lowest BCUT2D eigenvalue weighted by molar-refractivity contribution is -0.137. The number of carbonyl (C=O) groups is 1. The summed E-state index contributed by atoms with van der Waals surface area (Å²) in [4.78, 5) is 21.3. The number of hydrogen-bond donors (Lipinski definition) is 2. The first-order chi connectivity index (χ1) is 15.7. The molecule has 33 heavy (non-hydrogen) atoms. The van der Waals surface area contributed by atoms with Gasteiger partial charge in [-0.2, -0.15) is 18.2 Å². The lowest BCUT2D eigenvalue weighted by Gasteiger charge is -2.13. The number of benzene rings is 1. The molecule has 4 rings (SSSR count). The van der Waals surface area contributed by atoms with E-state index in [1.54, 1.807) is 30.6 Å². The molecule has 7 nitrogen and oxygen atoms in total. The number of halogens is 4. The van der Waals surface area contributed by atoms with Crippen LogP contribution in [0.2, 0.25) is 0 Å². The van der Waals surface area contributed by atoms with Gasteiger partial charge in [0.25, 0.3) is 5.91 Å². The van der Waals surface area contributed by atoms with Gasteiger partial charge in [0.2, 0.25) is 5.95 Å². The number of rotatable bonds is 5. The van der Waals surface area contributed by atoms with Crippen LogP contribution in [-0.4, -0.2) is 25.5 Å². The topological polar surface area (TPSA) is 98.2 Å². The van der Waals surface area contributed by atoms with Crippen LogP contribution < -0.4 is 11.1 Å². The Labute approximate surface area is 185 Å². The zero-order valence-corrected chi connectivity index (χ0v) is 17.3. The molecule has 1 amide bonds. The summed E-state index contributed by atoms with van der Waals surface area (Å²) in [6.45, 7) is 1.41. The summed E-state index contributed by atoms with van der Waals surface area (Å²) in [5, 5.41) is 6.50. The summed E-state index contributed by atoms with van der Waals surface area (Å²) in [6.07, 6.45) is -0.900. The van der Waals surface area contributed by atoms with Gasteiger partial charge in [-0.05, 0) is 48.4 Å². The molecule has 0 spiro atoms. The first-order valence-electron chi connectivity index (χ1n) is 9.90. The van der Waals surface area contributed by atoms with Crippen LogP contribution in [0.5, 0.6) is 0 Å². The van der Waals surface area contributed by atoms with Crippen molar-refractivity contribution in [2.75, 3.05) is 5.73 Å². The molecule has 0 radical (unpaired) electrons. The molecular formula is C22H18F4N6O. The van der Waals surface area contributed by atoms with E-state index in [0.29, 0.717) is 41.0 Å². The SMILES string of the molecule is CCc1ncc(-c2ccn3nc(N)nc3c2)cc1C(=O)NCc1cc(C(F)(F)F)ccc1F. The second-order valence-corrected chi connectivity index (χ2v) is 7.25. The highest BCUT2D eigenvalue weighted by Gasteiger charge is 2.31. The second-order valence-electron chi connectivity index (χ2n) is 7.25. The van der Waals surface area contributed by atoms with E-state index in [1.807, 2.05) is 6.92 Å². The van der Waals surface area contributed by atoms with Gasteiger partial charge in [-0.1, -0.05) is 6.92 Å². The quantitative estimate of drug-likeness (QED) is 0.440. The van der Waals surface area contributed by atoms with E-state index in [-0.39, 0.29) is 17.1 Å². The first kappa shape index (κ1) is 22.2. The van der Waals surface area contributed by atoms with Gasteiger partial charge in [0.05, 0.1) is 16.8 Å². The zero-order chi connectivity index (χ0) is 23.8. The summed E-state index contributed by atoms with van der Waals surface area (Å²) < 4.78 is 54.3. The molecular weight excluding hydrogens is 440 g/mol. The third-order valence-electron chi connectivity index (χ3n) is 5.05. The lowest BCUT2D eigenvalue weighted by atomic mass is 10.0. The third kappa shape index (κ3) is 4.61. The molecule has 0 atom stereocenters. The van der Waals surface area contributed by atoms with Gasteiger partial charge in [-0.15, -0.1) is 5.10 Å². The minimum Gasteiger partial charge on any atom is -0.366 e. The number of nitrogens with two attached hydrogens (primary N) is 1. The Morgan fingerprint density at radius 3 is 2.67 bits per heavy atom. The molecule has 170 valence electrons. The predicted molar refractivity (Wildman–Crippen MR) is 113 cm³/mol. The van der Waals surface area contributed by atoms with Crippen LogP contribution in [0.15, 0.2) is 48.8 Å². The fourth-order valence-electron chi connectivity index (χ4n) is 3.36. The number of fused-ring (bicyclic) bond motifs is 1. The van der Waals surface area contributed by atoms with Gasteiger partial charge in [0.1, 0.15) is 5.82 Å². The van der Waals surface area contributed by atoms with Crippen molar-refractivity contribution in [3.8, 4) is 11.1 Å². The maximum atomic E-state index is 14.0. The number of alkyl halides is 3. The van der Waals surface area contributed by atoms with E-state index < -0.39 is 30.0 Å². The Kier molecular flexibility index (Phi) is 5.71. The molecule has 3 N–H and O–H groups in total. The number of aryl methyl sites for hydroxylation is 1. The highest BCUT2D eigenvalue weighted by Crippen LogP contribution is 2.30. The molecule has 4 aromatic rings. The van der Waals surface area contributed by atoms with Crippen molar-refractivity contribution in [2.24, 2.45) is 0 Å². The van der Waals surface area contributed by atoms with E-state index in [2.05, 4.69) is 20.4 Å². The summed E-state index contributed by atoms with van der Waals surface area (Å²) >= 11 is 0. The number of anilines is 1. The minimum atomic E-state index is -4.61. The molecule has 0 aliphatic rings. The van der Waals surface area contributed by atoms with Gasteiger partial charge in [-0.3, -0.25) is 9.78 Å². The van der Waals surface area contributed by atoms with Crippen LogP contribution >= 0.6 is 0 Å². The first-order valence-corrected chi connectivity index (χ1v) is 9.90. The highest BCUT2D eigenvalue weighted by atomic mass is 19.4. The summed E-state index contributed by atoms with van der Waals surface area (Å²) in [6, 6.07) is 7.18. The number of amides is 1. The maximum absolute atomic E-state index is 14.0. The molecule has 0 aliphatic heterocycles. The molecule has 0 saturated heterocycles. The van der Waals surface area contributed by atoms with Gasteiger partial charge in [0.15, 0.2) is 5.65 Å². The largest absolute Gasteiger partial charge is 0.416 e. The Morgan fingerprint density at radius 2 is 1.94 bits per heavy atom. The molecule has 3 heterocycles. The summed E-state index contributed by atoms with van der Waals surface area (Å²) in [5.74, 6) is -1.30. The minimum absolute atomic E-state index is 0.119. The van der Waals surface area contributed by atoms with Crippen molar-refractivity contribution in [2.45, 2.75) is 26.1 Å². The van der Waals surface area contributed by atoms with Crippen molar-refractivity contribution >= 4 is 17.5 Å². The molecule has 11 heteroatoms. The van der Waals surface area contributed by atoms with Gasteiger partial charge in [-0.25, -0.2) is 8.91 Å². The second kappa shape index (κ2) is 8.49. The summed E-state index contributed by atoms with van der Waals surface area (Å²) in [7, 11) is 0. The van der Waals surface area contributed by atoms with Gasteiger partial charge < -0.3 is 11.1 Å². The van der Waals surface area contributed by atoms with Crippen molar-refractivity contribution in [3.05, 3.63) is 77.0 Å². The number of carbonyl (C=O) groups excluding carboxylic acids is 1. The maximum Gasteiger partial charge on any atom is 0.416 e.